The summed E-state index contributed by atoms with van der Waals surface area (Å²) in [6.45, 7) is 9.63. The zero-order chi connectivity index (χ0) is 11.8. The van der Waals surface area contributed by atoms with Gasteiger partial charge in [0.1, 0.15) is 6.23 Å². The summed E-state index contributed by atoms with van der Waals surface area (Å²) in [6.07, 6.45) is 0.0732. The van der Waals surface area contributed by atoms with Crippen molar-refractivity contribution >= 4 is 0 Å². The van der Waals surface area contributed by atoms with Crippen molar-refractivity contribution in [1.82, 2.24) is 5.32 Å². The molecule has 0 radical (unpaired) electrons. The highest BCUT2D eigenvalue weighted by molar-refractivity contribution is 5.28. The van der Waals surface area contributed by atoms with Gasteiger partial charge in [0.25, 0.3) is 0 Å². The highest BCUT2D eigenvalue weighted by Gasteiger charge is 2.22. The maximum absolute atomic E-state index is 5.67. The van der Waals surface area contributed by atoms with E-state index < -0.39 is 0 Å². The Kier molecular flexibility index (Phi) is 3.04. The summed E-state index contributed by atoms with van der Waals surface area (Å²) in [5, 5.41) is 3.41. The van der Waals surface area contributed by atoms with Gasteiger partial charge in [0.15, 0.2) is 0 Å². The van der Waals surface area contributed by atoms with Crippen molar-refractivity contribution in [2.24, 2.45) is 0 Å². The molecule has 0 aromatic heterocycles. The van der Waals surface area contributed by atoms with Crippen LogP contribution in [0.4, 0.5) is 0 Å². The van der Waals surface area contributed by atoms with Gasteiger partial charge in [-0.3, -0.25) is 5.32 Å². The molecule has 1 saturated heterocycles. The molecule has 1 fully saturated rings. The smallest absolute Gasteiger partial charge is 0.134 e. The molecule has 0 spiro atoms. The normalized spacial score (nSPS) is 26.0. The van der Waals surface area contributed by atoms with Gasteiger partial charge in [-0.05, 0) is 23.5 Å². The van der Waals surface area contributed by atoms with E-state index in [-0.39, 0.29) is 11.6 Å². The van der Waals surface area contributed by atoms with Gasteiger partial charge in [-0.15, -0.1) is 0 Å². The van der Waals surface area contributed by atoms with Crippen LogP contribution in [0, 0.1) is 0 Å². The topological polar surface area (TPSA) is 21.3 Å². The van der Waals surface area contributed by atoms with Crippen molar-refractivity contribution in [2.45, 2.75) is 45.4 Å². The van der Waals surface area contributed by atoms with E-state index in [2.05, 4.69) is 57.3 Å². The van der Waals surface area contributed by atoms with Crippen molar-refractivity contribution in [1.29, 1.82) is 0 Å². The van der Waals surface area contributed by atoms with Gasteiger partial charge >= 0.3 is 0 Å². The molecule has 2 heteroatoms. The van der Waals surface area contributed by atoms with Gasteiger partial charge in [0, 0.05) is 6.04 Å². The summed E-state index contributed by atoms with van der Waals surface area (Å²) in [6, 6.07) is 9.17. The summed E-state index contributed by atoms with van der Waals surface area (Å²) in [5.41, 5.74) is 2.80. The minimum atomic E-state index is 0.0732. The minimum Gasteiger partial charge on any atom is -0.357 e. The van der Waals surface area contributed by atoms with Crippen molar-refractivity contribution in [3.05, 3.63) is 35.4 Å². The molecular formula is C14H21NO. The van der Waals surface area contributed by atoms with Crippen LogP contribution >= 0.6 is 0 Å². The lowest BCUT2D eigenvalue weighted by Crippen LogP contribution is -2.22. The number of hydrogen-bond acceptors (Lipinski definition) is 2. The lowest BCUT2D eigenvalue weighted by molar-refractivity contribution is 0.101. The Morgan fingerprint density at radius 2 is 1.81 bits per heavy atom. The largest absolute Gasteiger partial charge is 0.357 e. The Hall–Kier alpha value is -0.860. The Balaban J connectivity index is 2.14. The first kappa shape index (κ1) is 11.6. The second kappa shape index (κ2) is 4.19. The van der Waals surface area contributed by atoms with Crippen LogP contribution in [0.25, 0.3) is 0 Å². The molecule has 0 aliphatic carbocycles. The third-order valence-corrected chi connectivity index (χ3v) is 3.03. The Bertz CT molecular complexity index is 350. The maximum atomic E-state index is 5.67. The van der Waals surface area contributed by atoms with E-state index in [1.165, 1.54) is 11.1 Å². The summed E-state index contributed by atoms with van der Waals surface area (Å²) in [7, 11) is 0. The van der Waals surface area contributed by atoms with Crippen molar-refractivity contribution in [3.8, 4) is 0 Å². The first-order chi connectivity index (χ1) is 7.47. The van der Waals surface area contributed by atoms with Crippen molar-refractivity contribution < 1.29 is 4.74 Å². The first-order valence-corrected chi connectivity index (χ1v) is 5.95. The fraction of sp³-hybridized carbons (Fsp3) is 0.571. The molecule has 2 nitrogen and oxygen atoms in total. The van der Waals surface area contributed by atoms with Crippen LogP contribution in [0.15, 0.2) is 24.3 Å². The lowest BCUT2D eigenvalue weighted by Gasteiger charge is -2.20. The van der Waals surface area contributed by atoms with Gasteiger partial charge < -0.3 is 4.74 Å². The zero-order valence-electron chi connectivity index (χ0n) is 10.6. The average Bonchev–Trinajstić information content (AvgIpc) is 2.64. The molecule has 0 bridgehead atoms. The van der Waals surface area contributed by atoms with Crippen LogP contribution in [0.5, 0.6) is 0 Å². The standard InChI is InChI=1S/C14H21NO/c1-10-9-16-13(15-10)11-5-7-12(8-6-11)14(2,3)4/h5-8,10,13,15H,9H2,1-4H3. The van der Waals surface area contributed by atoms with Crippen LogP contribution in [-0.4, -0.2) is 12.6 Å². The molecule has 1 aromatic rings. The fourth-order valence-electron chi connectivity index (χ4n) is 1.95. The predicted octanol–water partition coefficient (Wildman–Crippen LogP) is 2.99. The second-order valence-electron chi connectivity index (χ2n) is 5.65. The second-order valence-corrected chi connectivity index (χ2v) is 5.65. The molecule has 2 rings (SSSR count). The molecule has 2 atom stereocenters. The third kappa shape index (κ3) is 2.45. The van der Waals surface area contributed by atoms with Gasteiger partial charge in [0.05, 0.1) is 6.61 Å². The van der Waals surface area contributed by atoms with Crippen molar-refractivity contribution in [3.63, 3.8) is 0 Å². The Morgan fingerprint density at radius 1 is 1.19 bits per heavy atom. The van der Waals surface area contributed by atoms with Crippen LogP contribution in [-0.2, 0) is 10.2 Å². The average molecular weight is 219 g/mol. The molecule has 0 saturated carbocycles. The SMILES string of the molecule is CC1COC(c2ccc(C(C)(C)C)cc2)N1. The zero-order valence-corrected chi connectivity index (χ0v) is 10.6. The maximum Gasteiger partial charge on any atom is 0.134 e. The number of nitrogens with one attached hydrogen (secondary N) is 1. The first-order valence-electron chi connectivity index (χ1n) is 5.95. The fourth-order valence-corrected chi connectivity index (χ4v) is 1.95. The number of rotatable bonds is 1. The monoisotopic (exact) mass is 219 g/mol. The van der Waals surface area contributed by atoms with Gasteiger partial charge in [-0.25, -0.2) is 0 Å². The van der Waals surface area contributed by atoms with Gasteiger partial charge in [0.2, 0.25) is 0 Å². The molecule has 88 valence electrons. The van der Waals surface area contributed by atoms with E-state index in [9.17, 15) is 0 Å². The number of benzene rings is 1. The highest BCUT2D eigenvalue weighted by Crippen LogP contribution is 2.25. The number of ether oxygens (including phenoxy) is 1. The summed E-state index contributed by atoms with van der Waals surface area (Å²) in [4.78, 5) is 0. The Morgan fingerprint density at radius 3 is 2.25 bits per heavy atom. The summed E-state index contributed by atoms with van der Waals surface area (Å²) in [5.74, 6) is 0. The third-order valence-electron chi connectivity index (χ3n) is 3.03. The molecule has 0 amide bonds. The lowest BCUT2D eigenvalue weighted by atomic mass is 9.86. The van der Waals surface area contributed by atoms with E-state index in [1.54, 1.807) is 0 Å². The number of hydrogen-bond donors (Lipinski definition) is 1. The molecule has 1 aromatic carbocycles. The molecule has 2 unspecified atom stereocenters. The van der Waals surface area contributed by atoms with Crippen LogP contribution in [0.3, 0.4) is 0 Å². The highest BCUT2D eigenvalue weighted by atomic mass is 16.5. The van der Waals surface area contributed by atoms with E-state index in [0.29, 0.717) is 6.04 Å². The van der Waals surface area contributed by atoms with Gasteiger partial charge in [-0.1, -0.05) is 45.0 Å². The molecule has 1 heterocycles. The Labute approximate surface area is 98.0 Å². The van der Waals surface area contributed by atoms with E-state index in [4.69, 9.17) is 4.74 Å². The molecule has 1 N–H and O–H groups in total. The quantitative estimate of drug-likeness (QED) is 0.784. The van der Waals surface area contributed by atoms with Crippen LogP contribution < -0.4 is 5.32 Å². The molecule has 16 heavy (non-hydrogen) atoms. The van der Waals surface area contributed by atoms with Crippen LogP contribution in [0.2, 0.25) is 0 Å². The summed E-state index contributed by atoms with van der Waals surface area (Å²) >= 11 is 0. The van der Waals surface area contributed by atoms with Crippen LogP contribution in [0.1, 0.15) is 45.0 Å². The van der Waals surface area contributed by atoms with E-state index in [1.807, 2.05) is 0 Å². The minimum absolute atomic E-state index is 0.0732. The molecular weight excluding hydrogens is 198 g/mol. The van der Waals surface area contributed by atoms with E-state index >= 15 is 0 Å². The molecule has 1 aliphatic heterocycles. The van der Waals surface area contributed by atoms with E-state index in [0.717, 1.165) is 6.61 Å². The van der Waals surface area contributed by atoms with Gasteiger partial charge in [-0.2, -0.15) is 0 Å². The predicted molar refractivity (Wildman–Crippen MR) is 66.4 cm³/mol. The summed E-state index contributed by atoms with van der Waals surface area (Å²) < 4.78 is 5.67. The van der Waals surface area contributed by atoms with Crippen molar-refractivity contribution in [2.75, 3.05) is 6.61 Å². The molecule has 1 aliphatic rings.